The molecule has 0 radical (unpaired) electrons. The average Bonchev–Trinajstić information content (AvgIpc) is 2.37. The molecule has 0 atom stereocenters. The first-order chi connectivity index (χ1) is 8.65. The zero-order chi connectivity index (χ0) is 13.0. The van der Waals surface area contributed by atoms with Crippen LogP contribution in [0.25, 0.3) is 6.08 Å². The zero-order valence-electron chi connectivity index (χ0n) is 10.1. The molecule has 1 aromatic rings. The molecule has 96 valence electrons. The second-order valence-corrected chi connectivity index (χ2v) is 5.69. The van der Waals surface area contributed by atoms with Crippen LogP contribution in [-0.4, -0.2) is 35.1 Å². The van der Waals surface area contributed by atoms with Crippen molar-refractivity contribution in [3.63, 3.8) is 0 Å². The van der Waals surface area contributed by atoms with Crippen molar-refractivity contribution in [1.82, 2.24) is 4.90 Å². The van der Waals surface area contributed by atoms with Gasteiger partial charge in [0.05, 0.1) is 6.10 Å². The Morgan fingerprint density at radius 2 is 2.11 bits per heavy atom. The lowest BCUT2D eigenvalue weighted by atomic mass is 10.1. The van der Waals surface area contributed by atoms with E-state index in [-0.39, 0.29) is 12.0 Å². The predicted octanol–water partition coefficient (Wildman–Crippen LogP) is 2.29. The van der Waals surface area contributed by atoms with Crippen LogP contribution in [0.1, 0.15) is 18.4 Å². The van der Waals surface area contributed by atoms with Crippen LogP contribution >= 0.6 is 22.6 Å². The summed E-state index contributed by atoms with van der Waals surface area (Å²) in [6, 6.07) is 8.01. The van der Waals surface area contributed by atoms with Gasteiger partial charge in [0, 0.05) is 22.7 Å². The smallest absolute Gasteiger partial charge is 0.246 e. The molecule has 0 spiro atoms. The highest BCUT2D eigenvalue weighted by atomic mass is 127. The Morgan fingerprint density at radius 1 is 1.39 bits per heavy atom. The van der Waals surface area contributed by atoms with Crippen LogP contribution < -0.4 is 0 Å². The standard InChI is InChI=1S/C14H16INO2/c15-12-3-1-2-11(10-12)4-5-14(18)16-8-6-13(17)7-9-16/h1-5,10,13,17H,6-9H2. The molecule has 1 saturated heterocycles. The van der Waals surface area contributed by atoms with E-state index in [0.29, 0.717) is 25.9 Å². The fourth-order valence-electron chi connectivity index (χ4n) is 1.97. The Balaban J connectivity index is 1.94. The van der Waals surface area contributed by atoms with E-state index >= 15 is 0 Å². The largest absolute Gasteiger partial charge is 0.393 e. The Labute approximate surface area is 121 Å². The summed E-state index contributed by atoms with van der Waals surface area (Å²) < 4.78 is 1.16. The van der Waals surface area contributed by atoms with E-state index in [4.69, 9.17) is 0 Å². The Hall–Kier alpha value is -0.880. The van der Waals surface area contributed by atoms with Crippen LogP contribution in [-0.2, 0) is 4.79 Å². The van der Waals surface area contributed by atoms with Crippen LogP contribution in [0.5, 0.6) is 0 Å². The van der Waals surface area contributed by atoms with Gasteiger partial charge in [-0.2, -0.15) is 0 Å². The van der Waals surface area contributed by atoms with Crippen molar-refractivity contribution in [2.45, 2.75) is 18.9 Å². The van der Waals surface area contributed by atoms with Crippen LogP contribution in [0, 0.1) is 3.57 Å². The number of nitrogens with zero attached hydrogens (tertiary/aromatic N) is 1. The Bertz CT molecular complexity index is 451. The minimum atomic E-state index is -0.242. The van der Waals surface area contributed by atoms with Crippen molar-refractivity contribution in [3.8, 4) is 0 Å². The molecule has 3 nitrogen and oxygen atoms in total. The molecule has 1 heterocycles. The number of rotatable bonds is 2. The molecule has 0 unspecified atom stereocenters. The van der Waals surface area contributed by atoms with Crippen molar-refractivity contribution in [3.05, 3.63) is 39.5 Å². The van der Waals surface area contributed by atoms with Gasteiger partial charge in [0.1, 0.15) is 0 Å². The lowest BCUT2D eigenvalue weighted by molar-refractivity contribution is -0.127. The van der Waals surface area contributed by atoms with Crippen molar-refractivity contribution < 1.29 is 9.90 Å². The van der Waals surface area contributed by atoms with Crippen LogP contribution in [0.4, 0.5) is 0 Å². The third kappa shape index (κ3) is 3.81. The Kier molecular flexibility index (Phi) is 4.77. The van der Waals surface area contributed by atoms with E-state index in [1.807, 2.05) is 30.3 Å². The van der Waals surface area contributed by atoms with E-state index in [1.54, 1.807) is 11.0 Å². The van der Waals surface area contributed by atoms with Gasteiger partial charge in [0.25, 0.3) is 0 Å². The summed E-state index contributed by atoms with van der Waals surface area (Å²) in [6.45, 7) is 1.30. The lowest BCUT2D eigenvalue weighted by Crippen LogP contribution is -2.39. The second-order valence-electron chi connectivity index (χ2n) is 4.44. The summed E-state index contributed by atoms with van der Waals surface area (Å²) >= 11 is 2.25. The molecule has 2 rings (SSSR count). The SMILES string of the molecule is O=C(C=Cc1cccc(I)c1)N1CCC(O)CC1. The predicted molar refractivity (Wildman–Crippen MR) is 80.0 cm³/mol. The molecule has 0 aromatic heterocycles. The first kappa shape index (κ1) is 13.5. The van der Waals surface area contributed by atoms with Crippen molar-refractivity contribution >= 4 is 34.6 Å². The maximum atomic E-state index is 11.9. The van der Waals surface area contributed by atoms with E-state index < -0.39 is 0 Å². The van der Waals surface area contributed by atoms with Gasteiger partial charge in [-0.1, -0.05) is 12.1 Å². The number of benzene rings is 1. The van der Waals surface area contributed by atoms with Gasteiger partial charge in [-0.05, 0) is 59.2 Å². The molecule has 1 N–H and O–H groups in total. The Morgan fingerprint density at radius 3 is 2.78 bits per heavy atom. The van der Waals surface area contributed by atoms with Gasteiger partial charge >= 0.3 is 0 Å². The number of amides is 1. The summed E-state index contributed by atoms with van der Waals surface area (Å²) in [5, 5.41) is 9.39. The van der Waals surface area contributed by atoms with Crippen molar-refractivity contribution in [1.29, 1.82) is 0 Å². The zero-order valence-corrected chi connectivity index (χ0v) is 12.2. The summed E-state index contributed by atoms with van der Waals surface area (Å²) in [4.78, 5) is 13.7. The summed E-state index contributed by atoms with van der Waals surface area (Å²) in [6.07, 6.45) is 4.58. The number of hydrogen-bond donors (Lipinski definition) is 1. The maximum Gasteiger partial charge on any atom is 0.246 e. The lowest BCUT2D eigenvalue weighted by Gasteiger charge is -2.28. The highest BCUT2D eigenvalue weighted by molar-refractivity contribution is 14.1. The number of likely N-dealkylation sites (tertiary alicyclic amines) is 1. The number of hydrogen-bond acceptors (Lipinski definition) is 2. The van der Waals surface area contributed by atoms with Gasteiger partial charge in [0.15, 0.2) is 0 Å². The molecular weight excluding hydrogens is 341 g/mol. The third-order valence-electron chi connectivity index (χ3n) is 3.04. The number of halogens is 1. The molecular formula is C14H16INO2. The fourth-order valence-corrected chi connectivity index (χ4v) is 2.54. The van der Waals surface area contributed by atoms with Gasteiger partial charge in [0.2, 0.25) is 5.91 Å². The summed E-state index contributed by atoms with van der Waals surface area (Å²) in [7, 11) is 0. The van der Waals surface area contributed by atoms with E-state index in [2.05, 4.69) is 22.6 Å². The number of carbonyl (C=O) groups excluding carboxylic acids is 1. The number of aliphatic hydroxyl groups excluding tert-OH is 1. The minimum Gasteiger partial charge on any atom is -0.393 e. The molecule has 0 bridgehead atoms. The van der Waals surface area contributed by atoms with Crippen LogP contribution in [0.2, 0.25) is 0 Å². The maximum absolute atomic E-state index is 11.9. The topological polar surface area (TPSA) is 40.5 Å². The van der Waals surface area contributed by atoms with E-state index in [0.717, 1.165) is 9.13 Å². The molecule has 1 aliphatic rings. The number of carbonyl (C=O) groups is 1. The summed E-state index contributed by atoms with van der Waals surface area (Å²) in [5.74, 6) is 0.0285. The average molecular weight is 357 g/mol. The normalized spacial score (nSPS) is 17.3. The van der Waals surface area contributed by atoms with Gasteiger partial charge in [-0.3, -0.25) is 4.79 Å². The molecule has 0 saturated carbocycles. The molecule has 1 fully saturated rings. The highest BCUT2D eigenvalue weighted by Crippen LogP contribution is 2.12. The van der Waals surface area contributed by atoms with Gasteiger partial charge in [-0.15, -0.1) is 0 Å². The quantitative estimate of drug-likeness (QED) is 0.652. The van der Waals surface area contributed by atoms with Crippen molar-refractivity contribution in [2.75, 3.05) is 13.1 Å². The highest BCUT2D eigenvalue weighted by Gasteiger charge is 2.19. The first-order valence-corrected chi connectivity index (χ1v) is 7.13. The van der Waals surface area contributed by atoms with E-state index in [1.165, 1.54) is 0 Å². The first-order valence-electron chi connectivity index (χ1n) is 6.06. The molecule has 4 heteroatoms. The molecule has 1 amide bonds. The molecule has 1 aromatic carbocycles. The molecule has 18 heavy (non-hydrogen) atoms. The van der Waals surface area contributed by atoms with Crippen LogP contribution in [0.3, 0.4) is 0 Å². The molecule has 0 aliphatic carbocycles. The third-order valence-corrected chi connectivity index (χ3v) is 3.71. The summed E-state index contributed by atoms with van der Waals surface area (Å²) in [5.41, 5.74) is 1.03. The molecule has 1 aliphatic heterocycles. The monoisotopic (exact) mass is 357 g/mol. The van der Waals surface area contributed by atoms with E-state index in [9.17, 15) is 9.90 Å². The number of piperidine rings is 1. The minimum absolute atomic E-state index is 0.0285. The fraction of sp³-hybridized carbons (Fsp3) is 0.357. The van der Waals surface area contributed by atoms with Gasteiger partial charge in [-0.25, -0.2) is 0 Å². The van der Waals surface area contributed by atoms with Crippen LogP contribution in [0.15, 0.2) is 30.3 Å². The van der Waals surface area contributed by atoms with Crippen molar-refractivity contribution in [2.24, 2.45) is 0 Å². The number of aliphatic hydroxyl groups is 1. The van der Waals surface area contributed by atoms with Gasteiger partial charge < -0.3 is 10.0 Å². The second kappa shape index (κ2) is 6.33.